The van der Waals surface area contributed by atoms with Crippen LogP contribution in [0.25, 0.3) is 0 Å². The molecule has 5 heteroatoms. The zero-order valence-corrected chi connectivity index (χ0v) is 11.7. The van der Waals surface area contributed by atoms with E-state index in [-0.39, 0.29) is 11.6 Å². The van der Waals surface area contributed by atoms with Crippen molar-refractivity contribution >= 4 is 5.82 Å². The van der Waals surface area contributed by atoms with Gasteiger partial charge in [0.2, 0.25) is 0 Å². The van der Waals surface area contributed by atoms with Crippen LogP contribution >= 0.6 is 0 Å². The number of anilines is 1. The first-order valence-corrected chi connectivity index (χ1v) is 6.63. The van der Waals surface area contributed by atoms with E-state index in [2.05, 4.69) is 15.3 Å². The van der Waals surface area contributed by atoms with Crippen molar-refractivity contribution in [1.82, 2.24) is 9.97 Å². The predicted octanol–water partition coefficient (Wildman–Crippen LogP) is 2.98. The number of hydrogen-bond acceptors (Lipinski definition) is 4. The van der Waals surface area contributed by atoms with Crippen LogP contribution in [0.15, 0.2) is 30.6 Å². The number of aromatic nitrogens is 2. The van der Waals surface area contributed by atoms with Gasteiger partial charge in [-0.1, -0.05) is 19.1 Å². The van der Waals surface area contributed by atoms with E-state index in [0.717, 1.165) is 11.3 Å². The van der Waals surface area contributed by atoms with Crippen molar-refractivity contribution in [2.45, 2.75) is 20.3 Å². The summed E-state index contributed by atoms with van der Waals surface area (Å²) < 4.78 is 19.4. The van der Waals surface area contributed by atoms with Crippen LogP contribution in [0.3, 0.4) is 0 Å². The molecule has 1 aromatic heterocycles. The molecule has 0 aliphatic carbocycles. The molecule has 0 radical (unpaired) electrons. The fourth-order valence-corrected chi connectivity index (χ4v) is 1.82. The molecule has 0 spiro atoms. The Morgan fingerprint density at radius 3 is 2.90 bits per heavy atom. The molecular weight excluding hydrogens is 257 g/mol. The van der Waals surface area contributed by atoms with Crippen molar-refractivity contribution < 1.29 is 9.13 Å². The predicted molar refractivity (Wildman–Crippen MR) is 76.5 cm³/mol. The van der Waals surface area contributed by atoms with Gasteiger partial charge in [-0.05, 0) is 31.0 Å². The number of nitrogens with one attached hydrogen (secondary N) is 1. The molecule has 1 N–H and O–H groups in total. The highest BCUT2D eigenvalue weighted by Crippen LogP contribution is 2.14. The molecule has 2 rings (SSSR count). The minimum atomic E-state index is -0.384. The molecule has 106 valence electrons. The van der Waals surface area contributed by atoms with Gasteiger partial charge >= 0.3 is 0 Å². The highest BCUT2D eigenvalue weighted by molar-refractivity contribution is 5.37. The third-order valence-corrected chi connectivity index (χ3v) is 2.85. The molecule has 0 aliphatic rings. The van der Waals surface area contributed by atoms with Crippen LogP contribution in [0, 0.1) is 12.7 Å². The number of aryl methyl sites for hydroxylation is 2. The summed E-state index contributed by atoms with van der Waals surface area (Å²) in [6.45, 7) is 4.78. The maximum atomic E-state index is 13.8. The maximum absolute atomic E-state index is 13.8. The summed E-state index contributed by atoms with van der Waals surface area (Å²) in [5, 5.41) is 2.92. The Morgan fingerprint density at radius 1 is 1.30 bits per heavy atom. The Morgan fingerprint density at radius 2 is 2.15 bits per heavy atom. The van der Waals surface area contributed by atoms with Gasteiger partial charge in [0.25, 0.3) is 0 Å². The van der Waals surface area contributed by atoms with Gasteiger partial charge in [-0.15, -0.1) is 0 Å². The van der Waals surface area contributed by atoms with Crippen LogP contribution in [-0.2, 0) is 6.42 Å². The van der Waals surface area contributed by atoms with E-state index >= 15 is 0 Å². The summed E-state index contributed by atoms with van der Waals surface area (Å²) in [4.78, 5) is 7.78. The van der Waals surface area contributed by atoms with E-state index < -0.39 is 0 Å². The molecule has 0 unspecified atom stereocenters. The van der Waals surface area contributed by atoms with Crippen molar-refractivity contribution in [3.05, 3.63) is 47.7 Å². The number of nitrogens with zero attached hydrogens (tertiary/aromatic N) is 2. The number of benzene rings is 1. The lowest BCUT2D eigenvalue weighted by Gasteiger charge is -2.10. The van der Waals surface area contributed by atoms with Crippen LogP contribution in [0.1, 0.15) is 18.2 Å². The minimum Gasteiger partial charge on any atom is -0.492 e. The first-order valence-electron chi connectivity index (χ1n) is 6.63. The number of hydrogen-bond donors (Lipinski definition) is 1. The van der Waals surface area contributed by atoms with Crippen LogP contribution in [-0.4, -0.2) is 23.1 Å². The Bertz CT molecular complexity index is 575. The normalized spacial score (nSPS) is 10.3. The summed E-state index contributed by atoms with van der Waals surface area (Å²) in [5.41, 5.74) is 1.56. The molecule has 0 atom stereocenters. The molecule has 0 fully saturated rings. The van der Waals surface area contributed by atoms with Gasteiger partial charge in [-0.2, -0.15) is 0 Å². The molecule has 4 nitrogen and oxygen atoms in total. The van der Waals surface area contributed by atoms with Crippen LogP contribution in [0.4, 0.5) is 10.2 Å². The monoisotopic (exact) mass is 275 g/mol. The Hall–Kier alpha value is -2.17. The third kappa shape index (κ3) is 3.66. The second-order valence-corrected chi connectivity index (χ2v) is 4.43. The van der Waals surface area contributed by atoms with Crippen molar-refractivity contribution in [2.75, 3.05) is 18.5 Å². The van der Waals surface area contributed by atoms with Gasteiger partial charge in [-0.25, -0.2) is 14.4 Å². The SMILES string of the molecule is CCc1ncnc(NCCOc2cccc(C)c2)c1F. The first-order chi connectivity index (χ1) is 9.70. The van der Waals surface area contributed by atoms with E-state index in [1.165, 1.54) is 6.33 Å². The first kappa shape index (κ1) is 14.2. The van der Waals surface area contributed by atoms with E-state index in [9.17, 15) is 4.39 Å². The molecule has 20 heavy (non-hydrogen) atoms. The second kappa shape index (κ2) is 6.84. The van der Waals surface area contributed by atoms with Gasteiger partial charge in [0.15, 0.2) is 11.6 Å². The zero-order chi connectivity index (χ0) is 14.4. The highest BCUT2D eigenvalue weighted by Gasteiger charge is 2.08. The van der Waals surface area contributed by atoms with Crippen molar-refractivity contribution in [1.29, 1.82) is 0 Å². The van der Waals surface area contributed by atoms with Crippen molar-refractivity contribution in [3.8, 4) is 5.75 Å². The molecule has 0 saturated carbocycles. The van der Waals surface area contributed by atoms with E-state index in [4.69, 9.17) is 4.74 Å². The largest absolute Gasteiger partial charge is 0.492 e. The Balaban J connectivity index is 1.84. The molecule has 1 heterocycles. The van der Waals surface area contributed by atoms with Gasteiger partial charge in [0.05, 0.1) is 12.2 Å². The lowest BCUT2D eigenvalue weighted by Crippen LogP contribution is -2.14. The average Bonchev–Trinajstić information content (AvgIpc) is 2.45. The molecule has 1 aromatic carbocycles. The standard InChI is InChI=1S/C15H18FN3O/c1-3-13-14(16)15(19-10-18-13)17-7-8-20-12-6-4-5-11(2)9-12/h4-6,9-10H,3,7-8H2,1-2H3,(H,17,18,19). The quantitative estimate of drug-likeness (QED) is 0.823. The molecule has 0 saturated heterocycles. The topological polar surface area (TPSA) is 47.0 Å². The van der Waals surface area contributed by atoms with Crippen LogP contribution in [0.2, 0.25) is 0 Å². The molecule has 2 aromatic rings. The lowest BCUT2D eigenvalue weighted by atomic mass is 10.2. The maximum Gasteiger partial charge on any atom is 0.186 e. The second-order valence-electron chi connectivity index (χ2n) is 4.43. The smallest absolute Gasteiger partial charge is 0.186 e. The fraction of sp³-hybridized carbons (Fsp3) is 0.333. The molecular formula is C15H18FN3O. The highest BCUT2D eigenvalue weighted by atomic mass is 19.1. The molecule has 0 bridgehead atoms. The Labute approximate surface area is 118 Å². The van der Waals surface area contributed by atoms with Gasteiger partial charge in [-0.3, -0.25) is 0 Å². The van der Waals surface area contributed by atoms with Crippen LogP contribution in [0.5, 0.6) is 5.75 Å². The summed E-state index contributed by atoms with van der Waals surface area (Å²) >= 11 is 0. The zero-order valence-electron chi connectivity index (χ0n) is 11.7. The van der Waals surface area contributed by atoms with Gasteiger partial charge in [0, 0.05) is 0 Å². The average molecular weight is 275 g/mol. The third-order valence-electron chi connectivity index (χ3n) is 2.85. The van der Waals surface area contributed by atoms with E-state index in [0.29, 0.717) is 25.3 Å². The molecule has 0 amide bonds. The van der Waals surface area contributed by atoms with E-state index in [1.807, 2.05) is 38.1 Å². The fourth-order valence-electron chi connectivity index (χ4n) is 1.82. The van der Waals surface area contributed by atoms with E-state index in [1.54, 1.807) is 0 Å². The Kier molecular flexibility index (Phi) is 4.87. The number of ether oxygens (including phenoxy) is 1. The summed E-state index contributed by atoms with van der Waals surface area (Å²) in [7, 11) is 0. The van der Waals surface area contributed by atoms with Gasteiger partial charge in [0.1, 0.15) is 18.7 Å². The lowest BCUT2D eigenvalue weighted by molar-refractivity contribution is 0.332. The number of rotatable bonds is 6. The van der Waals surface area contributed by atoms with Crippen LogP contribution < -0.4 is 10.1 Å². The number of halogens is 1. The summed E-state index contributed by atoms with van der Waals surface area (Å²) in [6.07, 6.45) is 1.91. The van der Waals surface area contributed by atoms with Crippen molar-refractivity contribution in [2.24, 2.45) is 0 Å². The molecule has 0 aliphatic heterocycles. The van der Waals surface area contributed by atoms with Crippen molar-refractivity contribution in [3.63, 3.8) is 0 Å². The summed E-state index contributed by atoms with van der Waals surface area (Å²) in [6, 6.07) is 7.80. The van der Waals surface area contributed by atoms with Gasteiger partial charge < -0.3 is 10.1 Å². The minimum absolute atomic E-state index is 0.227. The summed E-state index contributed by atoms with van der Waals surface area (Å²) in [5.74, 6) is 0.652.